The summed E-state index contributed by atoms with van der Waals surface area (Å²) in [4.78, 5) is 18.8. The summed E-state index contributed by atoms with van der Waals surface area (Å²) in [5.74, 6) is -0.421. The number of aromatic amines is 1. The zero-order valence-electron chi connectivity index (χ0n) is 15.3. The SMILES string of the molecule is Cc1nc(NC(C)c2ccc(C(F)(F)F)cc2)c(C(=N)CS(C)(=O)=O)c(=O)[nH]1. The van der Waals surface area contributed by atoms with Crippen molar-refractivity contribution in [3.8, 4) is 0 Å². The molecule has 0 aliphatic rings. The molecule has 1 aromatic heterocycles. The molecule has 0 aliphatic carbocycles. The van der Waals surface area contributed by atoms with E-state index < -0.39 is 44.6 Å². The van der Waals surface area contributed by atoms with Crippen LogP contribution in [0.25, 0.3) is 0 Å². The molecule has 1 atom stereocenters. The number of halogens is 3. The van der Waals surface area contributed by atoms with Crippen LogP contribution in [0.15, 0.2) is 29.1 Å². The molecule has 2 aromatic rings. The first-order valence-electron chi connectivity index (χ1n) is 8.08. The van der Waals surface area contributed by atoms with Crippen LogP contribution in [0.2, 0.25) is 0 Å². The van der Waals surface area contributed by atoms with Gasteiger partial charge in [-0.15, -0.1) is 0 Å². The molecular weight excluding hydrogens is 397 g/mol. The summed E-state index contributed by atoms with van der Waals surface area (Å²) in [6.45, 7) is 3.16. The molecule has 152 valence electrons. The Balaban J connectivity index is 2.37. The van der Waals surface area contributed by atoms with Crippen molar-refractivity contribution in [2.75, 3.05) is 17.3 Å². The van der Waals surface area contributed by atoms with Gasteiger partial charge in [-0.3, -0.25) is 4.79 Å². The maximum Gasteiger partial charge on any atom is 0.416 e. The largest absolute Gasteiger partial charge is 0.416 e. The Morgan fingerprint density at radius 2 is 1.86 bits per heavy atom. The molecule has 0 fully saturated rings. The smallest absolute Gasteiger partial charge is 0.363 e. The second-order valence-corrected chi connectivity index (χ2v) is 8.55. The number of aromatic nitrogens is 2. The minimum absolute atomic E-state index is 0.0118. The fourth-order valence-electron chi connectivity index (χ4n) is 2.55. The van der Waals surface area contributed by atoms with E-state index in [0.29, 0.717) is 5.56 Å². The Labute approximate surface area is 159 Å². The minimum Gasteiger partial charge on any atom is -0.363 e. The third-order valence-electron chi connectivity index (χ3n) is 3.84. The maximum atomic E-state index is 12.7. The van der Waals surface area contributed by atoms with Crippen LogP contribution in [0.3, 0.4) is 0 Å². The van der Waals surface area contributed by atoms with Gasteiger partial charge in [0.1, 0.15) is 17.2 Å². The number of aryl methyl sites for hydroxylation is 1. The third-order valence-corrected chi connectivity index (χ3v) is 4.65. The van der Waals surface area contributed by atoms with Gasteiger partial charge in [0.2, 0.25) is 0 Å². The molecule has 1 unspecified atom stereocenters. The van der Waals surface area contributed by atoms with Crippen molar-refractivity contribution in [3.05, 3.63) is 57.1 Å². The van der Waals surface area contributed by atoms with Gasteiger partial charge in [-0.05, 0) is 31.5 Å². The molecule has 11 heteroatoms. The molecule has 0 spiro atoms. The predicted molar refractivity (Wildman–Crippen MR) is 99.6 cm³/mol. The van der Waals surface area contributed by atoms with Gasteiger partial charge in [-0.2, -0.15) is 13.2 Å². The van der Waals surface area contributed by atoms with Crippen LogP contribution >= 0.6 is 0 Å². The highest BCUT2D eigenvalue weighted by atomic mass is 32.2. The van der Waals surface area contributed by atoms with Crippen molar-refractivity contribution in [1.82, 2.24) is 9.97 Å². The van der Waals surface area contributed by atoms with Crippen LogP contribution in [0.1, 0.15) is 35.5 Å². The molecule has 1 heterocycles. The number of H-pyrrole nitrogens is 1. The van der Waals surface area contributed by atoms with Crippen LogP contribution in [-0.4, -0.2) is 36.1 Å². The first kappa shape index (κ1) is 21.6. The number of rotatable bonds is 6. The van der Waals surface area contributed by atoms with Crippen LogP contribution in [0.4, 0.5) is 19.0 Å². The molecule has 0 aliphatic heterocycles. The molecule has 1 aromatic carbocycles. The summed E-state index contributed by atoms with van der Waals surface area (Å²) in [5.41, 5.74) is -1.63. The second-order valence-electron chi connectivity index (χ2n) is 6.41. The second kappa shape index (κ2) is 7.74. The Hall–Kier alpha value is -2.69. The average Bonchev–Trinajstić information content (AvgIpc) is 2.51. The van der Waals surface area contributed by atoms with Crippen LogP contribution in [0, 0.1) is 12.3 Å². The van der Waals surface area contributed by atoms with E-state index >= 15 is 0 Å². The van der Waals surface area contributed by atoms with Gasteiger partial charge in [0.15, 0.2) is 9.84 Å². The zero-order chi connectivity index (χ0) is 21.3. The number of hydrogen-bond acceptors (Lipinski definition) is 6. The van der Waals surface area contributed by atoms with Gasteiger partial charge in [0.25, 0.3) is 5.56 Å². The number of nitrogens with one attached hydrogen (secondary N) is 3. The highest BCUT2D eigenvalue weighted by Crippen LogP contribution is 2.30. The van der Waals surface area contributed by atoms with Crippen LogP contribution < -0.4 is 10.9 Å². The Morgan fingerprint density at radius 3 is 2.36 bits per heavy atom. The van der Waals surface area contributed by atoms with Crippen molar-refractivity contribution < 1.29 is 21.6 Å². The Kier molecular flexibility index (Phi) is 5.97. The molecule has 0 bridgehead atoms. The standard InChI is InChI=1S/C17H19F3N4O3S/c1-9(11-4-6-12(7-5-11)17(18,19)20)22-15-14(13(21)8-28(3,26)27)16(25)24-10(2)23-15/h4-7,9,21H,8H2,1-3H3,(H2,22,23,24,25). The van der Waals surface area contributed by atoms with E-state index in [1.54, 1.807) is 6.92 Å². The monoisotopic (exact) mass is 416 g/mol. The van der Waals surface area contributed by atoms with Crippen molar-refractivity contribution in [2.45, 2.75) is 26.1 Å². The summed E-state index contributed by atoms with van der Waals surface area (Å²) >= 11 is 0. The lowest BCUT2D eigenvalue weighted by atomic mass is 10.1. The van der Waals surface area contributed by atoms with Gasteiger partial charge < -0.3 is 15.7 Å². The molecular formula is C17H19F3N4O3S. The minimum atomic E-state index is -4.45. The Morgan fingerprint density at radius 1 is 1.29 bits per heavy atom. The summed E-state index contributed by atoms with van der Waals surface area (Å²) < 4.78 is 61.0. The third kappa shape index (κ3) is 5.41. The van der Waals surface area contributed by atoms with Crippen LogP contribution in [0.5, 0.6) is 0 Å². The van der Waals surface area contributed by atoms with E-state index in [4.69, 9.17) is 5.41 Å². The number of hydrogen-bond donors (Lipinski definition) is 3. The van der Waals surface area contributed by atoms with E-state index in [0.717, 1.165) is 18.4 Å². The molecule has 7 nitrogen and oxygen atoms in total. The van der Waals surface area contributed by atoms with Gasteiger partial charge in [-0.1, -0.05) is 12.1 Å². The highest BCUT2D eigenvalue weighted by Gasteiger charge is 2.30. The number of sulfone groups is 1. The average molecular weight is 416 g/mol. The normalized spacial score (nSPS) is 13.2. The van der Waals surface area contributed by atoms with E-state index in [9.17, 15) is 26.4 Å². The van der Waals surface area contributed by atoms with E-state index in [1.165, 1.54) is 19.1 Å². The highest BCUT2D eigenvalue weighted by molar-refractivity contribution is 7.91. The summed E-state index contributed by atoms with van der Waals surface area (Å²) in [7, 11) is -3.55. The number of alkyl halides is 3. The molecule has 0 saturated carbocycles. The van der Waals surface area contributed by atoms with Gasteiger partial charge in [0, 0.05) is 12.3 Å². The van der Waals surface area contributed by atoms with Gasteiger partial charge in [0.05, 0.1) is 17.0 Å². The van der Waals surface area contributed by atoms with E-state index in [-0.39, 0.29) is 17.2 Å². The fourth-order valence-corrected chi connectivity index (χ4v) is 3.22. The number of anilines is 1. The summed E-state index contributed by atoms with van der Waals surface area (Å²) in [6.07, 6.45) is -3.51. The van der Waals surface area contributed by atoms with Crippen molar-refractivity contribution in [3.63, 3.8) is 0 Å². The Bertz CT molecular complexity index is 1040. The summed E-state index contributed by atoms with van der Waals surface area (Å²) in [5, 5.41) is 10.9. The lowest BCUT2D eigenvalue weighted by Gasteiger charge is -2.18. The van der Waals surface area contributed by atoms with Crippen molar-refractivity contribution >= 4 is 21.4 Å². The molecule has 3 N–H and O–H groups in total. The maximum absolute atomic E-state index is 12.7. The first-order valence-corrected chi connectivity index (χ1v) is 10.1. The van der Waals surface area contributed by atoms with Crippen LogP contribution in [-0.2, 0) is 16.0 Å². The molecule has 28 heavy (non-hydrogen) atoms. The van der Waals surface area contributed by atoms with E-state index in [2.05, 4.69) is 15.3 Å². The molecule has 0 radical (unpaired) electrons. The molecule has 2 rings (SSSR count). The van der Waals surface area contributed by atoms with Crippen molar-refractivity contribution in [2.24, 2.45) is 0 Å². The fraction of sp³-hybridized carbons (Fsp3) is 0.353. The number of benzene rings is 1. The summed E-state index contributed by atoms with van der Waals surface area (Å²) in [6, 6.07) is 3.91. The topological polar surface area (TPSA) is 116 Å². The quantitative estimate of drug-likeness (QED) is 0.626. The predicted octanol–water partition coefficient (Wildman–Crippen LogP) is 2.68. The lowest BCUT2D eigenvalue weighted by molar-refractivity contribution is -0.137. The van der Waals surface area contributed by atoms with Gasteiger partial charge in [-0.25, -0.2) is 13.4 Å². The number of nitrogens with zero attached hydrogens (tertiary/aromatic N) is 1. The van der Waals surface area contributed by atoms with Gasteiger partial charge >= 0.3 is 6.18 Å². The zero-order valence-corrected chi connectivity index (χ0v) is 16.1. The first-order chi connectivity index (χ1) is 12.8. The van der Waals surface area contributed by atoms with E-state index in [1.807, 2.05) is 0 Å². The van der Waals surface area contributed by atoms with Crippen molar-refractivity contribution in [1.29, 1.82) is 5.41 Å². The molecule has 0 saturated heterocycles. The lowest BCUT2D eigenvalue weighted by Crippen LogP contribution is -2.27. The molecule has 0 amide bonds.